The highest BCUT2D eigenvalue weighted by Crippen LogP contribution is 2.54. The van der Waals surface area contributed by atoms with Gasteiger partial charge in [0.05, 0.1) is 28.6 Å². The predicted octanol–water partition coefficient (Wildman–Crippen LogP) is 5.67. The van der Waals surface area contributed by atoms with Crippen LogP contribution in [0.5, 0.6) is 0 Å². The Morgan fingerprint density at radius 2 is 1.73 bits per heavy atom. The van der Waals surface area contributed by atoms with Crippen molar-refractivity contribution in [1.29, 1.82) is 0 Å². The van der Waals surface area contributed by atoms with Crippen LogP contribution in [0.15, 0.2) is 71.7 Å². The van der Waals surface area contributed by atoms with Gasteiger partial charge < -0.3 is 5.11 Å². The predicted molar refractivity (Wildman–Crippen MR) is 165 cm³/mol. The van der Waals surface area contributed by atoms with Crippen molar-refractivity contribution < 1.29 is 49.1 Å². The van der Waals surface area contributed by atoms with Crippen LogP contribution < -0.4 is 0 Å². The number of aliphatic hydroxyl groups is 1. The molecule has 3 aliphatic carbocycles. The van der Waals surface area contributed by atoms with Gasteiger partial charge in [-0.25, -0.2) is 17.5 Å². The van der Waals surface area contributed by atoms with Crippen LogP contribution in [0, 0.1) is 11.2 Å². The molecule has 0 amide bonds. The highest BCUT2D eigenvalue weighted by Gasteiger charge is 2.65. The van der Waals surface area contributed by atoms with E-state index in [2.05, 4.69) is 15.2 Å². The summed E-state index contributed by atoms with van der Waals surface area (Å²) in [6.45, 7) is 0. The number of aryl methyl sites for hydroxylation is 1. The summed E-state index contributed by atoms with van der Waals surface area (Å²) >= 11 is 0. The van der Waals surface area contributed by atoms with Crippen molar-refractivity contribution in [2.24, 2.45) is 12.5 Å². The summed E-state index contributed by atoms with van der Waals surface area (Å²) in [5, 5.41) is 18.3. The summed E-state index contributed by atoms with van der Waals surface area (Å²) in [6, 6.07) is 5.46. The average Bonchev–Trinajstić information content (AvgIpc) is 3.68. The Kier molecular flexibility index (Phi) is 8.11. The molecule has 3 aliphatic rings. The SMILES string of the molecule is Cn1ccc(S(=O)(=O)N([C@H]2CCC3=Cc4c(cnn4-c4ccc(F)cc4)C[C@]3(C(=O)c3cc(C(F)(F)F)ccn3)C2)[C@H]2C[C@@](O)(C(F)(F)F)C2)n1. The maximum absolute atomic E-state index is 14.6. The Bertz CT molecular complexity index is 2150. The van der Waals surface area contributed by atoms with Crippen molar-refractivity contribution in [2.75, 3.05) is 0 Å². The van der Waals surface area contributed by atoms with Gasteiger partial charge in [0.15, 0.2) is 16.4 Å². The van der Waals surface area contributed by atoms with Gasteiger partial charge in [-0.3, -0.25) is 14.5 Å². The number of benzene rings is 1. The molecule has 0 bridgehead atoms. The van der Waals surface area contributed by atoms with Crippen LogP contribution in [0.3, 0.4) is 0 Å². The van der Waals surface area contributed by atoms with Crippen LogP contribution in [-0.4, -0.2) is 72.0 Å². The fraction of sp³-hybridized carbons (Fsp3) is 0.394. The largest absolute Gasteiger partial charge is 0.417 e. The van der Waals surface area contributed by atoms with E-state index in [0.29, 0.717) is 34.7 Å². The van der Waals surface area contributed by atoms with Crippen molar-refractivity contribution >= 4 is 21.9 Å². The highest BCUT2D eigenvalue weighted by atomic mass is 32.2. The van der Waals surface area contributed by atoms with Crippen molar-refractivity contribution in [3.8, 4) is 5.69 Å². The van der Waals surface area contributed by atoms with Gasteiger partial charge in [0.1, 0.15) is 11.5 Å². The minimum atomic E-state index is -5.04. The standard InChI is InChI=1S/C33H29F7N6O4S/c1-44-11-9-28(43-44)51(49,50)46(25-16-31(48,17-25)33(38,39)40)24-5-2-20-13-27-19(18-42-45(27)23-6-3-22(34)4-7-23)14-30(20,15-24)29(47)26-12-21(8-10-41-26)32(35,36)37/h3-4,6-13,18,24-25,48H,2,5,14-17H2,1H3/t24-,25-,30-,31-/m0/s1. The average molecular weight is 739 g/mol. The van der Waals surface area contributed by atoms with Gasteiger partial charge in [0, 0.05) is 44.4 Å². The van der Waals surface area contributed by atoms with E-state index in [9.17, 15) is 49.1 Å². The highest BCUT2D eigenvalue weighted by molar-refractivity contribution is 7.89. The fourth-order valence-corrected chi connectivity index (χ4v) is 9.32. The zero-order valence-electron chi connectivity index (χ0n) is 26.7. The summed E-state index contributed by atoms with van der Waals surface area (Å²) in [7, 11) is -3.18. The van der Waals surface area contributed by atoms with Crippen LogP contribution in [-0.2, 0) is 29.7 Å². The lowest BCUT2D eigenvalue weighted by molar-refractivity contribution is -0.297. The quantitative estimate of drug-likeness (QED) is 0.192. The van der Waals surface area contributed by atoms with E-state index >= 15 is 0 Å². The number of fused-ring (bicyclic) bond motifs is 2. The second kappa shape index (κ2) is 11.8. The van der Waals surface area contributed by atoms with Gasteiger partial charge in [-0.2, -0.15) is 40.8 Å². The Labute approximate surface area is 286 Å². The first-order valence-electron chi connectivity index (χ1n) is 15.8. The second-order valence-corrected chi connectivity index (χ2v) is 15.1. The molecule has 1 aromatic carbocycles. The van der Waals surface area contributed by atoms with Crippen molar-refractivity contribution in [3.63, 3.8) is 0 Å². The van der Waals surface area contributed by atoms with Crippen LogP contribution in [0.4, 0.5) is 30.7 Å². The molecule has 4 aromatic rings. The first-order chi connectivity index (χ1) is 23.8. The molecule has 270 valence electrons. The third-order valence-electron chi connectivity index (χ3n) is 10.1. The zero-order chi connectivity index (χ0) is 36.7. The topological polar surface area (TPSA) is 123 Å². The number of rotatable bonds is 7. The number of pyridine rings is 1. The van der Waals surface area contributed by atoms with E-state index in [1.165, 1.54) is 59.1 Å². The van der Waals surface area contributed by atoms with Crippen molar-refractivity contribution in [3.05, 3.63) is 95.0 Å². The number of aromatic nitrogens is 5. The van der Waals surface area contributed by atoms with Gasteiger partial charge in [-0.15, -0.1) is 0 Å². The van der Waals surface area contributed by atoms with Gasteiger partial charge in [-0.05, 0) is 79.8 Å². The molecule has 0 saturated heterocycles. The maximum atomic E-state index is 14.6. The number of hydrogen-bond donors (Lipinski definition) is 1. The molecule has 0 unspecified atom stereocenters. The number of Topliss-reactive ketones (excluding diaryl/α,β-unsaturated/α-hetero) is 1. The molecule has 0 aliphatic heterocycles. The Morgan fingerprint density at radius 1 is 1.02 bits per heavy atom. The van der Waals surface area contributed by atoms with Crippen LogP contribution in [0.1, 0.15) is 59.4 Å². The third-order valence-corrected chi connectivity index (χ3v) is 12.0. The number of sulfonamides is 1. The number of halogens is 7. The lowest BCUT2D eigenvalue weighted by Crippen LogP contribution is -2.65. The minimum Gasteiger partial charge on any atom is -0.380 e. The number of ketones is 1. The fourth-order valence-electron chi connectivity index (χ4n) is 7.53. The summed E-state index contributed by atoms with van der Waals surface area (Å²) in [4.78, 5) is 18.6. The smallest absolute Gasteiger partial charge is 0.380 e. The monoisotopic (exact) mass is 738 g/mol. The van der Waals surface area contributed by atoms with E-state index in [1.54, 1.807) is 6.08 Å². The molecule has 2 saturated carbocycles. The van der Waals surface area contributed by atoms with Gasteiger partial charge in [-0.1, -0.05) is 5.57 Å². The van der Waals surface area contributed by atoms with E-state index in [1.807, 2.05) is 0 Å². The summed E-state index contributed by atoms with van der Waals surface area (Å²) in [5.74, 6) is -1.32. The number of hydrogen-bond acceptors (Lipinski definition) is 7. The molecule has 7 rings (SSSR count). The normalized spacial score (nSPS) is 25.2. The van der Waals surface area contributed by atoms with E-state index in [-0.39, 0.29) is 25.7 Å². The third kappa shape index (κ3) is 5.86. The molecule has 3 heterocycles. The summed E-state index contributed by atoms with van der Waals surface area (Å²) < 4.78 is 128. The van der Waals surface area contributed by atoms with Gasteiger partial charge >= 0.3 is 12.4 Å². The van der Waals surface area contributed by atoms with Crippen LogP contribution >= 0.6 is 0 Å². The van der Waals surface area contributed by atoms with E-state index in [4.69, 9.17) is 0 Å². The van der Waals surface area contributed by atoms with Crippen molar-refractivity contribution in [1.82, 2.24) is 28.9 Å². The zero-order valence-corrected chi connectivity index (χ0v) is 27.5. The summed E-state index contributed by atoms with van der Waals surface area (Å²) in [6.07, 6.45) is -6.94. The van der Waals surface area contributed by atoms with Crippen molar-refractivity contribution in [2.45, 2.75) is 73.6 Å². The first-order valence-corrected chi connectivity index (χ1v) is 17.2. The number of carbonyl (C=O) groups is 1. The lowest BCUT2D eigenvalue weighted by Gasteiger charge is -2.53. The molecule has 2 atom stereocenters. The Morgan fingerprint density at radius 3 is 2.35 bits per heavy atom. The number of nitrogens with zero attached hydrogens (tertiary/aromatic N) is 6. The number of carbonyl (C=O) groups excluding carboxylic acids is 1. The second-order valence-electron chi connectivity index (χ2n) is 13.3. The molecular formula is C33H29F7N6O4S. The lowest BCUT2D eigenvalue weighted by atomic mass is 9.60. The van der Waals surface area contributed by atoms with Gasteiger partial charge in [0.2, 0.25) is 0 Å². The maximum Gasteiger partial charge on any atom is 0.417 e. The number of allylic oxidation sites excluding steroid dienone is 1. The number of alkyl halides is 6. The van der Waals surface area contributed by atoms with Crippen LogP contribution in [0.25, 0.3) is 11.8 Å². The van der Waals surface area contributed by atoms with E-state index in [0.717, 1.165) is 10.5 Å². The van der Waals surface area contributed by atoms with E-state index < -0.39 is 86.2 Å². The Hall–Kier alpha value is -4.42. The molecule has 0 radical (unpaired) electrons. The molecule has 51 heavy (non-hydrogen) atoms. The molecule has 18 heteroatoms. The first kappa shape index (κ1) is 35.0. The van der Waals surface area contributed by atoms with Crippen LogP contribution in [0.2, 0.25) is 0 Å². The molecule has 2 fully saturated rings. The molecule has 3 aromatic heterocycles. The molecule has 10 nitrogen and oxygen atoms in total. The summed E-state index contributed by atoms with van der Waals surface area (Å²) in [5.41, 5.74) is -4.58. The molecule has 0 spiro atoms. The Balaban J connectivity index is 1.34. The minimum absolute atomic E-state index is 0.0178. The van der Waals surface area contributed by atoms with Gasteiger partial charge in [0.25, 0.3) is 10.0 Å². The molecule has 1 N–H and O–H groups in total. The molecular weight excluding hydrogens is 709 g/mol.